The van der Waals surface area contributed by atoms with E-state index in [9.17, 15) is 9.90 Å². The van der Waals surface area contributed by atoms with Crippen molar-refractivity contribution in [3.8, 4) is 22.9 Å². The Balaban J connectivity index is 1.21. The van der Waals surface area contributed by atoms with E-state index in [1.54, 1.807) is 17.3 Å². The molecule has 0 radical (unpaired) electrons. The molecule has 3 heterocycles. The van der Waals surface area contributed by atoms with Gasteiger partial charge in [0.15, 0.2) is 0 Å². The summed E-state index contributed by atoms with van der Waals surface area (Å²) in [6, 6.07) is 15.8. The van der Waals surface area contributed by atoms with Gasteiger partial charge in [-0.25, -0.2) is 19.7 Å². The number of pyridine rings is 1. The normalized spacial score (nSPS) is 17.5. The van der Waals surface area contributed by atoms with Crippen molar-refractivity contribution in [2.24, 2.45) is 5.92 Å². The molecule has 3 N–H and O–H groups in total. The van der Waals surface area contributed by atoms with Crippen LogP contribution in [0.2, 0.25) is 0 Å². The molecule has 0 bridgehead atoms. The highest BCUT2D eigenvalue weighted by molar-refractivity contribution is 5.98. The summed E-state index contributed by atoms with van der Waals surface area (Å²) in [5.74, 6) is 2.04. The molecule has 1 aliphatic carbocycles. The van der Waals surface area contributed by atoms with Gasteiger partial charge in [0.1, 0.15) is 11.4 Å². The summed E-state index contributed by atoms with van der Waals surface area (Å²) in [5, 5.41) is 19.2. The number of fused-ring (bicyclic) bond motifs is 1. The van der Waals surface area contributed by atoms with Crippen LogP contribution in [0.25, 0.3) is 22.0 Å². The fourth-order valence-corrected chi connectivity index (χ4v) is 5.70. The first-order valence-corrected chi connectivity index (χ1v) is 15.8. The van der Waals surface area contributed by atoms with E-state index in [-0.39, 0.29) is 18.2 Å². The van der Waals surface area contributed by atoms with E-state index >= 15 is 0 Å². The van der Waals surface area contributed by atoms with Crippen LogP contribution in [0.5, 0.6) is 11.6 Å². The highest BCUT2D eigenvalue weighted by Gasteiger charge is 2.30. The average Bonchev–Trinajstić information content (AvgIpc) is 3.87. The molecule has 2 aromatic heterocycles. The Hall–Kier alpha value is -4.44. The summed E-state index contributed by atoms with van der Waals surface area (Å²) in [4.78, 5) is 28.3. The molecule has 2 aliphatic rings. The number of benzene rings is 2. The van der Waals surface area contributed by atoms with Gasteiger partial charge in [-0.2, -0.15) is 0 Å². The summed E-state index contributed by atoms with van der Waals surface area (Å²) in [5.41, 5.74) is 2.80. The number of aliphatic hydroxyl groups excluding tert-OH is 1. The smallest absolute Gasteiger partial charge is 0.410 e. The van der Waals surface area contributed by atoms with Gasteiger partial charge in [0.2, 0.25) is 11.8 Å². The Morgan fingerprint density at radius 1 is 1.04 bits per heavy atom. The number of rotatable bonds is 9. The first-order valence-electron chi connectivity index (χ1n) is 15.8. The lowest BCUT2D eigenvalue weighted by atomic mass is 10.0. The molecule has 0 spiro atoms. The van der Waals surface area contributed by atoms with Crippen molar-refractivity contribution >= 4 is 28.5 Å². The zero-order valence-corrected chi connectivity index (χ0v) is 26.4. The zero-order chi connectivity index (χ0) is 31.6. The first kappa shape index (κ1) is 30.6. The Kier molecular flexibility index (Phi) is 8.76. The van der Waals surface area contributed by atoms with Gasteiger partial charge in [0.05, 0.1) is 17.4 Å². The summed E-state index contributed by atoms with van der Waals surface area (Å²) >= 11 is 0. The van der Waals surface area contributed by atoms with Crippen LogP contribution in [0.3, 0.4) is 0 Å². The molecule has 2 aromatic carbocycles. The van der Waals surface area contributed by atoms with E-state index in [4.69, 9.17) is 14.5 Å². The number of amides is 1. The number of anilines is 2. The second-order valence-corrected chi connectivity index (χ2v) is 13.0. The van der Waals surface area contributed by atoms with Crippen LogP contribution in [-0.4, -0.2) is 68.4 Å². The summed E-state index contributed by atoms with van der Waals surface area (Å²) in [7, 11) is 0. The molecule has 1 saturated heterocycles. The third kappa shape index (κ3) is 7.45. The van der Waals surface area contributed by atoms with Crippen molar-refractivity contribution in [2.45, 2.75) is 71.1 Å². The van der Waals surface area contributed by atoms with E-state index in [1.807, 2.05) is 70.2 Å². The highest BCUT2D eigenvalue weighted by atomic mass is 16.6. The Morgan fingerprint density at radius 2 is 1.89 bits per heavy atom. The Bertz CT molecular complexity index is 1670. The number of aromatic nitrogens is 3. The predicted molar refractivity (Wildman–Crippen MR) is 176 cm³/mol. The minimum absolute atomic E-state index is 0.00216. The number of nitrogens with one attached hydrogen (secondary N) is 2. The van der Waals surface area contributed by atoms with Crippen LogP contribution in [0.15, 0.2) is 60.9 Å². The van der Waals surface area contributed by atoms with E-state index in [0.717, 1.165) is 59.0 Å². The second kappa shape index (κ2) is 12.9. The first-order chi connectivity index (χ1) is 21.6. The van der Waals surface area contributed by atoms with Crippen LogP contribution in [-0.2, 0) is 4.74 Å². The second-order valence-electron chi connectivity index (χ2n) is 13.0. The molecule has 6 rings (SSSR count). The van der Waals surface area contributed by atoms with Gasteiger partial charge >= 0.3 is 6.09 Å². The van der Waals surface area contributed by atoms with Crippen molar-refractivity contribution < 1.29 is 19.4 Å². The van der Waals surface area contributed by atoms with Crippen LogP contribution in [0.1, 0.15) is 52.0 Å². The molecule has 2 atom stereocenters. The SMILES string of the molecule is Cc1ccc2c(NC[C@H](O)C3CC3)cccc2c1Oc1ncccc1-c1ccnc(NC2CCCN(C(=O)OC(C)(C)C)C2)n1. The molecule has 45 heavy (non-hydrogen) atoms. The van der Waals surface area contributed by atoms with E-state index in [2.05, 4.69) is 26.7 Å². The van der Waals surface area contributed by atoms with Gasteiger partial charge in [0, 0.05) is 54.5 Å². The molecule has 10 nitrogen and oxygen atoms in total. The summed E-state index contributed by atoms with van der Waals surface area (Å²) < 4.78 is 12.2. The minimum Gasteiger partial charge on any atom is -0.444 e. The van der Waals surface area contributed by atoms with Gasteiger partial charge in [0.25, 0.3) is 0 Å². The number of aliphatic hydroxyl groups is 1. The van der Waals surface area contributed by atoms with Crippen molar-refractivity contribution in [3.05, 3.63) is 66.5 Å². The third-order valence-electron chi connectivity index (χ3n) is 8.18. The number of hydrogen-bond donors (Lipinski definition) is 3. The third-order valence-corrected chi connectivity index (χ3v) is 8.18. The fraction of sp³-hybridized carbons (Fsp3) is 0.429. The van der Waals surface area contributed by atoms with E-state index in [0.29, 0.717) is 43.1 Å². The number of ether oxygens (including phenoxy) is 2. The largest absolute Gasteiger partial charge is 0.444 e. The lowest BCUT2D eigenvalue weighted by Gasteiger charge is -2.34. The Labute approximate surface area is 264 Å². The molecular formula is C35H42N6O4. The molecule has 2 fully saturated rings. The average molecular weight is 611 g/mol. The van der Waals surface area contributed by atoms with E-state index in [1.165, 1.54) is 0 Å². The molecule has 1 amide bonds. The maximum atomic E-state index is 12.7. The van der Waals surface area contributed by atoms with Gasteiger partial charge in [-0.1, -0.05) is 24.3 Å². The standard InChI is InChI=1S/C35H42N6O4/c1-22-12-15-25-26(9-5-11-28(25)38-20-30(42)23-13-14-23)31(22)44-32-27(10-6-17-36-32)29-16-18-37-33(40-29)39-24-8-7-19-41(21-24)34(43)45-35(2,3)4/h5-6,9-12,15-18,23-24,30,38,42H,7-8,13-14,19-21H2,1-4H3,(H,37,39,40)/t24?,30-/m0/s1. The van der Waals surface area contributed by atoms with Crippen molar-refractivity contribution in [1.82, 2.24) is 19.9 Å². The highest BCUT2D eigenvalue weighted by Crippen LogP contribution is 2.39. The van der Waals surface area contributed by atoms with Gasteiger partial charge in [-0.15, -0.1) is 0 Å². The zero-order valence-electron chi connectivity index (χ0n) is 26.4. The number of likely N-dealkylation sites (tertiary alicyclic amines) is 1. The number of hydrogen-bond acceptors (Lipinski definition) is 9. The lowest BCUT2D eigenvalue weighted by molar-refractivity contribution is 0.0206. The minimum atomic E-state index is -0.540. The lowest BCUT2D eigenvalue weighted by Crippen LogP contribution is -2.47. The maximum Gasteiger partial charge on any atom is 0.410 e. The van der Waals surface area contributed by atoms with Gasteiger partial charge in [-0.05, 0) is 89.1 Å². The molecule has 10 heteroatoms. The van der Waals surface area contributed by atoms with Crippen molar-refractivity contribution in [2.75, 3.05) is 30.3 Å². The quantitative estimate of drug-likeness (QED) is 0.188. The number of carbonyl (C=O) groups is 1. The fourth-order valence-electron chi connectivity index (χ4n) is 5.70. The predicted octanol–water partition coefficient (Wildman–Crippen LogP) is 6.79. The molecule has 1 unspecified atom stereocenters. The van der Waals surface area contributed by atoms with Crippen molar-refractivity contribution in [3.63, 3.8) is 0 Å². The number of aryl methyl sites for hydroxylation is 1. The van der Waals surface area contributed by atoms with Crippen molar-refractivity contribution in [1.29, 1.82) is 0 Å². The summed E-state index contributed by atoms with van der Waals surface area (Å²) in [6.07, 6.45) is 6.73. The monoisotopic (exact) mass is 610 g/mol. The van der Waals surface area contributed by atoms with Crippen LogP contribution < -0.4 is 15.4 Å². The topological polar surface area (TPSA) is 122 Å². The number of nitrogens with zero attached hydrogens (tertiary/aromatic N) is 4. The maximum absolute atomic E-state index is 12.7. The molecule has 1 aliphatic heterocycles. The van der Waals surface area contributed by atoms with Gasteiger partial charge in [-0.3, -0.25) is 0 Å². The number of piperidine rings is 1. The van der Waals surface area contributed by atoms with Crippen LogP contribution in [0.4, 0.5) is 16.4 Å². The molecule has 4 aromatic rings. The molecule has 236 valence electrons. The van der Waals surface area contributed by atoms with E-state index < -0.39 is 5.60 Å². The molecular weight excluding hydrogens is 568 g/mol. The number of carbonyl (C=O) groups excluding carboxylic acids is 1. The van der Waals surface area contributed by atoms with Crippen LogP contribution >= 0.6 is 0 Å². The van der Waals surface area contributed by atoms with Crippen LogP contribution in [0, 0.1) is 12.8 Å². The van der Waals surface area contributed by atoms with Gasteiger partial charge < -0.3 is 30.1 Å². The summed E-state index contributed by atoms with van der Waals surface area (Å²) in [6.45, 7) is 9.34. The molecule has 1 saturated carbocycles. The Morgan fingerprint density at radius 3 is 2.69 bits per heavy atom.